The highest BCUT2D eigenvalue weighted by Gasteiger charge is 2.11. The number of anilines is 2. The first kappa shape index (κ1) is 15.6. The van der Waals surface area contributed by atoms with Crippen LogP contribution in [-0.4, -0.2) is 44.3 Å². The maximum Gasteiger partial charge on any atom is 0.213 e. The van der Waals surface area contributed by atoms with E-state index in [2.05, 4.69) is 25.3 Å². The fourth-order valence-electron chi connectivity index (χ4n) is 1.71. The summed E-state index contributed by atoms with van der Waals surface area (Å²) >= 11 is 0. The molecule has 0 aliphatic rings. The van der Waals surface area contributed by atoms with Gasteiger partial charge < -0.3 is 10.6 Å². The summed E-state index contributed by atoms with van der Waals surface area (Å²) < 4.78 is 25.5. The minimum absolute atomic E-state index is 0.0168. The van der Waals surface area contributed by atoms with Crippen LogP contribution in [0.3, 0.4) is 0 Å². The van der Waals surface area contributed by atoms with Gasteiger partial charge in [0.15, 0.2) is 0 Å². The molecule has 1 aromatic heterocycles. The van der Waals surface area contributed by atoms with E-state index in [0.717, 1.165) is 17.8 Å². The van der Waals surface area contributed by atoms with Gasteiger partial charge in [-0.2, -0.15) is 0 Å². The topological polar surface area (TPSA) is 96.0 Å². The second-order valence-corrected chi connectivity index (χ2v) is 5.82. The number of nitrogens with zero attached hydrogens (tertiary/aromatic N) is 2. The van der Waals surface area contributed by atoms with E-state index in [1.165, 1.54) is 6.33 Å². The lowest BCUT2D eigenvalue weighted by molar-refractivity contribution is 0.584. The fourth-order valence-corrected chi connectivity index (χ4v) is 2.67. The van der Waals surface area contributed by atoms with Crippen molar-refractivity contribution in [3.05, 3.63) is 11.9 Å². The van der Waals surface area contributed by atoms with Gasteiger partial charge in [-0.05, 0) is 6.42 Å². The van der Waals surface area contributed by atoms with Crippen molar-refractivity contribution in [2.45, 2.75) is 20.3 Å². The molecule has 0 spiro atoms. The molecule has 0 saturated carbocycles. The molecule has 0 aliphatic carbocycles. The van der Waals surface area contributed by atoms with E-state index in [-0.39, 0.29) is 5.75 Å². The standard InChI is InChI=1S/C11H21N5O2S/c1-4-9-10(12-3)14-8-15-11(9)13-6-7-19(17,18)16-5-2/h8,16H,4-7H2,1-3H3,(H2,12,13,14,15). The van der Waals surface area contributed by atoms with E-state index >= 15 is 0 Å². The molecular weight excluding hydrogens is 266 g/mol. The zero-order chi connectivity index (χ0) is 14.3. The summed E-state index contributed by atoms with van der Waals surface area (Å²) in [7, 11) is -1.42. The van der Waals surface area contributed by atoms with Crippen molar-refractivity contribution < 1.29 is 8.42 Å². The third kappa shape index (κ3) is 4.64. The average molecular weight is 287 g/mol. The van der Waals surface area contributed by atoms with Gasteiger partial charge in [0.1, 0.15) is 18.0 Å². The Labute approximate surface area is 114 Å². The summed E-state index contributed by atoms with van der Waals surface area (Å²) in [5.74, 6) is 1.45. The van der Waals surface area contributed by atoms with Gasteiger partial charge >= 0.3 is 0 Å². The van der Waals surface area contributed by atoms with Crippen LogP contribution in [0, 0.1) is 0 Å². The van der Waals surface area contributed by atoms with Gasteiger partial charge in [-0.15, -0.1) is 0 Å². The Morgan fingerprint density at radius 1 is 1.21 bits per heavy atom. The number of rotatable bonds is 8. The van der Waals surface area contributed by atoms with Crippen molar-refractivity contribution in [3.8, 4) is 0 Å². The van der Waals surface area contributed by atoms with Crippen molar-refractivity contribution in [1.29, 1.82) is 0 Å². The molecule has 3 N–H and O–H groups in total. The third-order valence-electron chi connectivity index (χ3n) is 2.56. The Bertz CT molecular complexity index is 504. The average Bonchev–Trinajstić information content (AvgIpc) is 2.38. The van der Waals surface area contributed by atoms with Crippen molar-refractivity contribution in [1.82, 2.24) is 14.7 Å². The highest BCUT2D eigenvalue weighted by Crippen LogP contribution is 2.19. The Morgan fingerprint density at radius 3 is 2.47 bits per heavy atom. The van der Waals surface area contributed by atoms with Gasteiger partial charge in [0, 0.05) is 25.7 Å². The molecule has 0 atom stereocenters. The van der Waals surface area contributed by atoms with E-state index in [9.17, 15) is 8.42 Å². The Morgan fingerprint density at radius 2 is 1.89 bits per heavy atom. The molecule has 0 aromatic carbocycles. The van der Waals surface area contributed by atoms with Crippen LogP contribution in [0.25, 0.3) is 0 Å². The van der Waals surface area contributed by atoms with Gasteiger partial charge in [0.2, 0.25) is 10.0 Å². The largest absolute Gasteiger partial charge is 0.373 e. The number of hydrogen-bond acceptors (Lipinski definition) is 6. The molecule has 0 aliphatic heterocycles. The normalized spacial score (nSPS) is 11.3. The lowest BCUT2D eigenvalue weighted by Crippen LogP contribution is -2.29. The van der Waals surface area contributed by atoms with E-state index in [0.29, 0.717) is 18.9 Å². The van der Waals surface area contributed by atoms with Gasteiger partial charge in [0.25, 0.3) is 0 Å². The van der Waals surface area contributed by atoms with Crippen molar-refractivity contribution in [2.24, 2.45) is 0 Å². The van der Waals surface area contributed by atoms with Gasteiger partial charge in [-0.25, -0.2) is 23.1 Å². The molecule has 8 heteroatoms. The smallest absolute Gasteiger partial charge is 0.213 e. The molecule has 1 rings (SSSR count). The Kier molecular flexibility index (Phi) is 5.97. The molecule has 0 saturated heterocycles. The van der Waals surface area contributed by atoms with E-state index < -0.39 is 10.0 Å². The Hall–Kier alpha value is -1.41. The predicted molar refractivity (Wildman–Crippen MR) is 76.9 cm³/mol. The van der Waals surface area contributed by atoms with Gasteiger partial charge in [-0.1, -0.05) is 13.8 Å². The number of sulfonamides is 1. The summed E-state index contributed by atoms with van der Waals surface area (Å²) in [6.07, 6.45) is 2.21. The first-order chi connectivity index (χ1) is 9.04. The van der Waals surface area contributed by atoms with Crippen LogP contribution in [0.2, 0.25) is 0 Å². The lowest BCUT2D eigenvalue weighted by Gasteiger charge is -2.12. The molecule has 1 heterocycles. The molecular formula is C11H21N5O2S. The summed E-state index contributed by atoms with van der Waals surface area (Å²) in [6.45, 7) is 4.46. The SMILES string of the molecule is CCNS(=O)(=O)CCNc1ncnc(NC)c1CC. The second kappa shape index (κ2) is 7.25. The van der Waals surface area contributed by atoms with Crippen LogP contribution in [0.4, 0.5) is 11.6 Å². The second-order valence-electron chi connectivity index (χ2n) is 3.90. The fraction of sp³-hybridized carbons (Fsp3) is 0.636. The van der Waals surface area contributed by atoms with Crippen LogP contribution in [0.1, 0.15) is 19.4 Å². The van der Waals surface area contributed by atoms with E-state index in [1.807, 2.05) is 6.92 Å². The highest BCUT2D eigenvalue weighted by molar-refractivity contribution is 7.89. The first-order valence-electron chi connectivity index (χ1n) is 6.26. The van der Waals surface area contributed by atoms with Crippen LogP contribution >= 0.6 is 0 Å². The van der Waals surface area contributed by atoms with Gasteiger partial charge in [0.05, 0.1) is 5.75 Å². The predicted octanol–water partition coefficient (Wildman–Crippen LogP) is 0.432. The molecule has 19 heavy (non-hydrogen) atoms. The Balaban J connectivity index is 2.68. The maximum atomic E-state index is 11.5. The van der Waals surface area contributed by atoms with Crippen molar-refractivity contribution in [3.63, 3.8) is 0 Å². The highest BCUT2D eigenvalue weighted by atomic mass is 32.2. The summed E-state index contributed by atoms with van der Waals surface area (Å²) in [5.41, 5.74) is 0.950. The summed E-state index contributed by atoms with van der Waals surface area (Å²) in [4.78, 5) is 8.27. The zero-order valence-electron chi connectivity index (χ0n) is 11.5. The van der Waals surface area contributed by atoms with Crippen LogP contribution in [0.15, 0.2) is 6.33 Å². The number of hydrogen-bond donors (Lipinski definition) is 3. The molecule has 7 nitrogen and oxygen atoms in total. The zero-order valence-corrected chi connectivity index (χ0v) is 12.3. The summed E-state index contributed by atoms with van der Waals surface area (Å²) in [6, 6.07) is 0. The van der Waals surface area contributed by atoms with E-state index in [1.54, 1.807) is 14.0 Å². The lowest BCUT2D eigenvalue weighted by atomic mass is 10.2. The molecule has 0 radical (unpaired) electrons. The molecule has 0 bridgehead atoms. The van der Waals surface area contributed by atoms with Crippen LogP contribution < -0.4 is 15.4 Å². The van der Waals surface area contributed by atoms with Crippen molar-refractivity contribution >= 4 is 21.7 Å². The third-order valence-corrected chi connectivity index (χ3v) is 4.03. The minimum atomic E-state index is -3.21. The monoisotopic (exact) mass is 287 g/mol. The molecule has 1 aromatic rings. The molecule has 0 fully saturated rings. The van der Waals surface area contributed by atoms with Gasteiger partial charge in [-0.3, -0.25) is 0 Å². The van der Waals surface area contributed by atoms with Crippen LogP contribution in [0.5, 0.6) is 0 Å². The molecule has 108 valence electrons. The minimum Gasteiger partial charge on any atom is -0.373 e. The van der Waals surface area contributed by atoms with E-state index in [4.69, 9.17) is 0 Å². The van der Waals surface area contributed by atoms with Crippen LogP contribution in [-0.2, 0) is 16.4 Å². The first-order valence-corrected chi connectivity index (χ1v) is 7.92. The quantitative estimate of drug-likeness (QED) is 0.642. The molecule has 0 amide bonds. The number of nitrogens with one attached hydrogen (secondary N) is 3. The maximum absolute atomic E-state index is 11.5. The summed E-state index contributed by atoms with van der Waals surface area (Å²) in [5, 5.41) is 6.04. The molecule has 0 unspecified atom stereocenters. The number of aromatic nitrogens is 2. The van der Waals surface area contributed by atoms with Crippen molar-refractivity contribution in [2.75, 3.05) is 36.5 Å².